The molecule has 0 aromatic rings. The Hall–Kier alpha value is -0.770. The number of carbonyl (C=O) groups is 1. The van der Waals surface area contributed by atoms with Gasteiger partial charge in [0, 0.05) is 19.7 Å². The van der Waals surface area contributed by atoms with E-state index in [0.717, 1.165) is 6.42 Å². The molecule has 1 aliphatic rings. The second-order valence-corrected chi connectivity index (χ2v) is 4.26. The summed E-state index contributed by atoms with van der Waals surface area (Å²) in [5.74, 6) is 0.604. The SMILES string of the molecule is COCCNC(=O)NC1CCCCC1C. The molecule has 15 heavy (non-hydrogen) atoms. The number of methoxy groups -OCH3 is 1. The van der Waals surface area contributed by atoms with Crippen LogP contribution in [0.3, 0.4) is 0 Å². The van der Waals surface area contributed by atoms with Gasteiger partial charge >= 0.3 is 6.03 Å². The molecule has 0 aromatic heterocycles. The smallest absolute Gasteiger partial charge is 0.315 e. The normalized spacial score (nSPS) is 26.0. The number of hydrogen-bond acceptors (Lipinski definition) is 2. The lowest BCUT2D eigenvalue weighted by molar-refractivity contribution is 0.192. The van der Waals surface area contributed by atoms with E-state index < -0.39 is 0 Å². The molecular weight excluding hydrogens is 192 g/mol. The molecule has 0 aliphatic heterocycles. The van der Waals surface area contributed by atoms with Crippen molar-refractivity contribution in [1.29, 1.82) is 0 Å². The highest BCUT2D eigenvalue weighted by Crippen LogP contribution is 2.23. The molecule has 2 N–H and O–H groups in total. The number of amides is 2. The van der Waals surface area contributed by atoms with Crippen LogP contribution >= 0.6 is 0 Å². The van der Waals surface area contributed by atoms with E-state index in [9.17, 15) is 4.79 Å². The fourth-order valence-corrected chi connectivity index (χ4v) is 2.02. The van der Waals surface area contributed by atoms with Gasteiger partial charge in [-0.15, -0.1) is 0 Å². The van der Waals surface area contributed by atoms with Gasteiger partial charge in [-0.1, -0.05) is 19.8 Å². The molecule has 88 valence electrons. The largest absolute Gasteiger partial charge is 0.383 e. The van der Waals surface area contributed by atoms with Crippen LogP contribution in [0.5, 0.6) is 0 Å². The Balaban J connectivity index is 2.18. The Kier molecular flexibility index (Phi) is 5.47. The van der Waals surface area contributed by atoms with Gasteiger partial charge in [0.05, 0.1) is 6.61 Å². The number of urea groups is 1. The lowest BCUT2D eigenvalue weighted by Gasteiger charge is -2.29. The van der Waals surface area contributed by atoms with E-state index in [0.29, 0.717) is 25.1 Å². The molecule has 2 atom stereocenters. The van der Waals surface area contributed by atoms with Crippen molar-refractivity contribution in [3.05, 3.63) is 0 Å². The number of carbonyl (C=O) groups excluding carboxylic acids is 1. The summed E-state index contributed by atoms with van der Waals surface area (Å²) in [6.07, 6.45) is 4.86. The summed E-state index contributed by atoms with van der Waals surface area (Å²) < 4.78 is 4.86. The third-order valence-corrected chi connectivity index (χ3v) is 3.02. The standard InChI is InChI=1S/C11H22N2O2/c1-9-5-3-4-6-10(9)13-11(14)12-7-8-15-2/h9-10H,3-8H2,1-2H3,(H2,12,13,14). The highest BCUT2D eigenvalue weighted by atomic mass is 16.5. The summed E-state index contributed by atoms with van der Waals surface area (Å²) in [7, 11) is 1.63. The fraction of sp³-hybridized carbons (Fsp3) is 0.909. The number of ether oxygens (including phenoxy) is 1. The van der Waals surface area contributed by atoms with Crippen molar-refractivity contribution in [2.75, 3.05) is 20.3 Å². The van der Waals surface area contributed by atoms with Gasteiger partial charge in [-0.2, -0.15) is 0 Å². The van der Waals surface area contributed by atoms with Gasteiger partial charge < -0.3 is 15.4 Å². The van der Waals surface area contributed by atoms with Crippen molar-refractivity contribution in [2.45, 2.75) is 38.6 Å². The first kappa shape index (κ1) is 12.3. The Morgan fingerprint density at radius 3 is 2.80 bits per heavy atom. The summed E-state index contributed by atoms with van der Waals surface area (Å²) in [5, 5.41) is 5.80. The van der Waals surface area contributed by atoms with Gasteiger partial charge in [0.25, 0.3) is 0 Å². The average molecular weight is 214 g/mol. The second-order valence-electron chi connectivity index (χ2n) is 4.26. The third kappa shape index (κ3) is 4.51. The predicted molar refractivity (Wildman–Crippen MR) is 59.8 cm³/mol. The van der Waals surface area contributed by atoms with Crippen LogP contribution in [-0.4, -0.2) is 32.3 Å². The van der Waals surface area contributed by atoms with E-state index in [1.165, 1.54) is 19.3 Å². The molecule has 4 nitrogen and oxygen atoms in total. The van der Waals surface area contributed by atoms with Crippen LogP contribution in [0.1, 0.15) is 32.6 Å². The molecule has 2 unspecified atom stereocenters. The molecule has 1 saturated carbocycles. The molecule has 0 heterocycles. The van der Waals surface area contributed by atoms with Gasteiger partial charge in [-0.3, -0.25) is 0 Å². The summed E-state index contributed by atoms with van der Waals surface area (Å²) in [5.41, 5.74) is 0. The average Bonchev–Trinajstić information content (AvgIpc) is 2.22. The Bertz CT molecular complexity index is 197. The minimum atomic E-state index is -0.0641. The van der Waals surface area contributed by atoms with Crippen molar-refractivity contribution in [2.24, 2.45) is 5.92 Å². The quantitative estimate of drug-likeness (QED) is 0.697. The topological polar surface area (TPSA) is 50.4 Å². The molecule has 0 aromatic carbocycles. The van der Waals surface area contributed by atoms with Crippen molar-refractivity contribution in [3.8, 4) is 0 Å². The number of rotatable bonds is 4. The van der Waals surface area contributed by atoms with E-state index in [-0.39, 0.29) is 6.03 Å². The number of nitrogens with one attached hydrogen (secondary N) is 2. The molecule has 1 aliphatic carbocycles. The minimum Gasteiger partial charge on any atom is -0.383 e. The van der Waals surface area contributed by atoms with E-state index in [1.807, 2.05) is 0 Å². The van der Waals surface area contributed by atoms with Crippen molar-refractivity contribution in [1.82, 2.24) is 10.6 Å². The molecule has 0 saturated heterocycles. The molecule has 0 bridgehead atoms. The van der Waals surface area contributed by atoms with Crippen LogP contribution in [-0.2, 0) is 4.74 Å². The third-order valence-electron chi connectivity index (χ3n) is 3.02. The van der Waals surface area contributed by atoms with Gasteiger partial charge in [0.1, 0.15) is 0 Å². The first-order valence-electron chi connectivity index (χ1n) is 5.77. The Morgan fingerprint density at radius 2 is 2.13 bits per heavy atom. The first-order chi connectivity index (χ1) is 7.24. The zero-order chi connectivity index (χ0) is 11.1. The molecule has 0 radical (unpaired) electrons. The van der Waals surface area contributed by atoms with Crippen LogP contribution in [0.25, 0.3) is 0 Å². The first-order valence-corrected chi connectivity index (χ1v) is 5.77. The molecular formula is C11H22N2O2. The molecule has 1 rings (SSSR count). The van der Waals surface area contributed by atoms with Crippen LogP contribution in [0.15, 0.2) is 0 Å². The highest BCUT2D eigenvalue weighted by molar-refractivity contribution is 5.74. The molecule has 1 fully saturated rings. The van der Waals surface area contributed by atoms with Gasteiger partial charge in [0.2, 0.25) is 0 Å². The second kappa shape index (κ2) is 6.67. The lowest BCUT2D eigenvalue weighted by Crippen LogP contribution is -2.46. The maximum Gasteiger partial charge on any atom is 0.315 e. The monoisotopic (exact) mass is 214 g/mol. The van der Waals surface area contributed by atoms with Crippen LogP contribution in [0.2, 0.25) is 0 Å². The van der Waals surface area contributed by atoms with Gasteiger partial charge in [-0.25, -0.2) is 4.79 Å². The summed E-state index contributed by atoms with van der Waals surface area (Å²) in [4.78, 5) is 11.5. The molecule has 2 amide bonds. The zero-order valence-corrected chi connectivity index (χ0v) is 9.71. The van der Waals surface area contributed by atoms with Crippen molar-refractivity contribution < 1.29 is 9.53 Å². The summed E-state index contributed by atoms with van der Waals surface area (Å²) >= 11 is 0. The van der Waals surface area contributed by atoms with E-state index >= 15 is 0 Å². The lowest BCUT2D eigenvalue weighted by atomic mass is 9.86. The molecule has 0 spiro atoms. The van der Waals surface area contributed by atoms with E-state index in [1.54, 1.807) is 7.11 Å². The van der Waals surface area contributed by atoms with Gasteiger partial charge in [0.15, 0.2) is 0 Å². The van der Waals surface area contributed by atoms with Crippen molar-refractivity contribution >= 4 is 6.03 Å². The van der Waals surface area contributed by atoms with E-state index in [4.69, 9.17) is 4.74 Å². The van der Waals surface area contributed by atoms with Crippen LogP contribution < -0.4 is 10.6 Å². The fourth-order valence-electron chi connectivity index (χ4n) is 2.02. The number of hydrogen-bond donors (Lipinski definition) is 2. The van der Waals surface area contributed by atoms with E-state index in [2.05, 4.69) is 17.6 Å². The van der Waals surface area contributed by atoms with Crippen LogP contribution in [0.4, 0.5) is 4.79 Å². The minimum absolute atomic E-state index is 0.0641. The molecule has 4 heteroatoms. The maximum atomic E-state index is 11.5. The summed E-state index contributed by atoms with van der Waals surface area (Å²) in [6.45, 7) is 3.34. The van der Waals surface area contributed by atoms with Gasteiger partial charge in [-0.05, 0) is 18.8 Å². The predicted octanol–water partition coefficient (Wildman–Crippen LogP) is 1.51. The van der Waals surface area contributed by atoms with Crippen LogP contribution in [0, 0.1) is 5.92 Å². The Labute approximate surface area is 91.8 Å². The highest BCUT2D eigenvalue weighted by Gasteiger charge is 2.22. The zero-order valence-electron chi connectivity index (χ0n) is 9.71. The summed E-state index contributed by atoms with van der Waals surface area (Å²) in [6, 6.07) is 0.284. The Morgan fingerprint density at radius 1 is 1.40 bits per heavy atom. The van der Waals surface area contributed by atoms with Crippen molar-refractivity contribution in [3.63, 3.8) is 0 Å². The maximum absolute atomic E-state index is 11.5.